The second kappa shape index (κ2) is 11.7. The molecule has 0 spiro atoms. The number of ether oxygens (including phenoxy) is 1. The predicted molar refractivity (Wildman–Crippen MR) is 137 cm³/mol. The molecule has 0 unspecified atom stereocenters. The number of nitrogens with zero attached hydrogens (tertiary/aromatic N) is 1. The minimum absolute atomic E-state index is 0.0321. The van der Waals surface area contributed by atoms with Gasteiger partial charge >= 0.3 is 5.97 Å². The Kier molecular flexibility index (Phi) is 8.64. The fourth-order valence-corrected chi connectivity index (χ4v) is 3.82. The van der Waals surface area contributed by atoms with E-state index >= 15 is 0 Å². The fraction of sp³-hybridized carbons (Fsp3) is 0.310. The number of rotatable bonds is 11. The van der Waals surface area contributed by atoms with Gasteiger partial charge in [-0.3, -0.25) is 0 Å². The third kappa shape index (κ3) is 7.41. The van der Waals surface area contributed by atoms with Crippen molar-refractivity contribution in [3.8, 4) is 22.9 Å². The Labute approximate surface area is 206 Å². The fourth-order valence-electron chi connectivity index (χ4n) is 3.82. The topological polar surface area (TPSA) is 103 Å². The molecular weight excluding hydrogens is 440 g/mol. The van der Waals surface area contributed by atoms with Crippen LogP contribution in [0.15, 0.2) is 66.7 Å². The van der Waals surface area contributed by atoms with Crippen LogP contribution < -0.4 is 10.1 Å². The molecule has 0 aliphatic rings. The van der Waals surface area contributed by atoms with E-state index in [0.717, 1.165) is 24.0 Å². The highest BCUT2D eigenvalue weighted by atomic mass is 16.5. The van der Waals surface area contributed by atoms with Gasteiger partial charge in [-0.2, -0.15) is 5.26 Å². The zero-order chi connectivity index (χ0) is 25.4. The summed E-state index contributed by atoms with van der Waals surface area (Å²) in [6.07, 6.45) is 1.08. The van der Waals surface area contributed by atoms with E-state index in [-0.39, 0.29) is 17.7 Å². The molecule has 6 heteroatoms. The van der Waals surface area contributed by atoms with Gasteiger partial charge in [-0.05, 0) is 73.2 Å². The first-order valence-corrected chi connectivity index (χ1v) is 11.7. The van der Waals surface area contributed by atoms with E-state index in [1.807, 2.05) is 0 Å². The molecule has 6 nitrogen and oxygen atoms in total. The average Bonchev–Trinajstić information content (AvgIpc) is 2.86. The molecule has 0 radical (unpaired) electrons. The van der Waals surface area contributed by atoms with Gasteiger partial charge in [0.25, 0.3) is 0 Å². The van der Waals surface area contributed by atoms with Gasteiger partial charge in [0.15, 0.2) is 0 Å². The number of carboxylic acid groups (broad SMARTS) is 1. The lowest BCUT2D eigenvalue weighted by molar-refractivity contribution is 0.0697. The van der Waals surface area contributed by atoms with Crippen molar-refractivity contribution in [3.05, 3.63) is 89.0 Å². The molecule has 35 heavy (non-hydrogen) atoms. The highest BCUT2D eigenvalue weighted by Crippen LogP contribution is 2.27. The Hall–Kier alpha value is -3.66. The quantitative estimate of drug-likeness (QED) is 0.369. The molecule has 0 saturated carbocycles. The average molecular weight is 473 g/mol. The summed E-state index contributed by atoms with van der Waals surface area (Å²) in [5.74, 6) is -0.609. The zero-order valence-corrected chi connectivity index (χ0v) is 20.4. The number of aromatic carboxylic acids is 1. The Morgan fingerprint density at radius 3 is 2.26 bits per heavy atom. The number of aryl methyl sites for hydroxylation is 1. The highest BCUT2D eigenvalue weighted by molar-refractivity contribution is 5.88. The van der Waals surface area contributed by atoms with E-state index in [0.29, 0.717) is 17.9 Å². The number of carbonyl (C=O) groups is 1. The van der Waals surface area contributed by atoms with Crippen molar-refractivity contribution in [1.82, 2.24) is 5.32 Å². The van der Waals surface area contributed by atoms with E-state index in [9.17, 15) is 15.2 Å². The van der Waals surface area contributed by atoms with Crippen molar-refractivity contribution < 1.29 is 19.7 Å². The molecule has 0 amide bonds. The summed E-state index contributed by atoms with van der Waals surface area (Å²) < 4.78 is 5.82. The zero-order valence-electron chi connectivity index (χ0n) is 20.4. The van der Waals surface area contributed by atoms with Gasteiger partial charge in [0, 0.05) is 12.1 Å². The van der Waals surface area contributed by atoms with Crippen LogP contribution in [0.2, 0.25) is 0 Å². The summed E-state index contributed by atoms with van der Waals surface area (Å²) >= 11 is 0. The van der Waals surface area contributed by atoms with Gasteiger partial charge in [0.05, 0.1) is 11.1 Å². The van der Waals surface area contributed by atoms with E-state index in [2.05, 4.69) is 56.4 Å². The second-order valence-electron chi connectivity index (χ2n) is 9.28. The SMILES string of the molecule is CCc1ccc(CC(C)(C)NC[C@@H](O)COc2cc(-c3ccc(C(=O)O)cc3)ccc2C#N)cc1. The Balaban J connectivity index is 1.59. The summed E-state index contributed by atoms with van der Waals surface area (Å²) in [5.41, 5.74) is 4.50. The van der Waals surface area contributed by atoms with Crippen LogP contribution in [0.5, 0.6) is 5.75 Å². The normalized spacial score (nSPS) is 12.1. The van der Waals surface area contributed by atoms with Gasteiger partial charge in [-0.1, -0.05) is 49.4 Å². The van der Waals surface area contributed by atoms with Crippen molar-refractivity contribution >= 4 is 5.97 Å². The lowest BCUT2D eigenvalue weighted by Gasteiger charge is -2.28. The molecule has 0 aliphatic carbocycles. The van der Waals surface area contributed by atoms with E-state index in [1.165, 1.54) is 23.3 Å². The summed E-state index contributed by atoms with van der Waals surface area (Å²) in [7, 11) is 0. The first-order valence-electron chi connectivity index (χ1n) is 11.7. The second-order valence-corrected chi connectivity index (χ2v) is 9.28. The van der Waals surface area contributed by atoms with Crippen LogP contribution in [0.4, 0.5) is 0 Å². The van der Waals surface area contributed by atoms with Crippen molar-refractivity contribution in [3.63, 3.8) is 0 Å². The number of aliphatic hydroxyl groups is 1. The van der Waals surface area contributed by atoms with Crippen LogP contribution in [0, 0.1) is 11.3 Å². The minimum Gasteiger partial charge on any atom is -0.489 e. The molecule has 0 fully saturated rings. The third-order valence-corrected chi connectivity index (χ3v) is 5.89. The number of nitriles is 1. The highest BCUT2D eigenvalue weighted by Gasteiger charge is 2.20. The third-order valence-electron chi connectivity index (χ3n) is 5.89. The molecule has 0 bridgehead atoms. The maximum Gasteiger partial charge on any atom is 0.335 e. The van der Waals surface area contributed by atoms with Crippen LogP contribution in [0.3, 0.4) is 0 Å². The molecular formula is C29H32N2O4. The van der Waals surface area contributed by atoms with Crippen molar-refractivity contribution in [2.45, 2.75) is 45.3 Å². The van der Waals surface area contributed by atoms with Crippen LogP contribution in [0.25, 0.3) is 11.1 Å². The number of aliphatic hydroxyl groups excluding tert-OH is 1. The molecule has 0 aromatic heterocycles. The molecule has 1 atom stereocenters. The number of nitrogens with one attached hydrogen (secondary N) is 1. The predicted octanol–water partition coefficient (Wildman–Crippen LogP) is 4.84. The Morgan fingerprint density at radius 1 is 1.03 bits per heavy atom. The maximum atomic E-state index is 11.1. The minimum atomic E-state index is -0.986. The monoisotopic (exact) mass is 472 g/mol. The molecule has 0 aliphatic heterocycles. The molecule has 3 aromatic carbocycles. The lowest BCUT2D eigenvalue weighted by atomic mass is 9.94. The van der Waals surface area contributed by atoms with Gasteiger partial charge in [-0.15, -0.1) is 0 Å². The smallest absolute Gasteiger partial charge is 0.335 e. The van der Waals surface area contributed by atoms with Crippen LogP contribution in [-0.2, 0) is 12.8 Å². The van der Waals surface area contributed by atoms with E-state index in [4.69, 9.17) is 9.84 Å². The summed E-state index contributed by atoms with van der Waals surface area (Å²) in [6, 6.07) is 22.4. The molecule has 0 heterocycles. The molecule has 0 saturated heterocycles. The number of carboxylic acids is 1. The Bertz CT molecular complexity index is 1180. The van der Waals surface area contributed by atoms with Gasteiger partial charge in [0.2, 0.25) is 0 Å². The van der Waals surface area contributed by atoms with Crippen molar-refractivity contribution in [2.24, 2.45) is 0 Å². The van der Waals surface area contributed by atoms with E-state index in [1.54, 1.807) is 30.3 Å². The standard InChI is InChI=1S/C29H32N2O4/c1-4-20-5-7-21(8-6-20)16-29(2,3)31-18-26(32)19-35-27-15-24(13-14-25(27)17-30)22-9-11-23(12-10-22)28(33)34/h5-15,26,31-32H,4,16,18-19H2,1-3H3,(H,33,34)/t26-/m1/s1. The number of β-amino-alcohol motifs (C(OH)–C–C–N with tert-alkyl or cyclic N) is 1. The van der Waals surface area contributed by atoms with Crippen LogP contribution >= 0.6 is 0 Å². The summed E-state index contributed by atoms with van der Waals surface area (Å²) in [6.45, 7) is 6.71. The number of hydrogen-bond acceptors (Lipinski definition) is 5. The maximum absolute atomic E-state index is 11.1. The van der Waals surface area contributed by atoms with Crippen molar-refractivity contribution in [2.75, 3.05) is 13.2 Å². The molecule has 182 valence electrons. The van der Waals surface area contributed by atoms with E-state index < -0.39 is 12.1 Å². The Morgan fingerprint density at radius 2 is 1.66 bits per heavy atom. The first kappa shape index (κ1) is 26.0. The van der Waals surface area contributed by atoms with Crippen LogP contribution in [0.1, 0.15) is 47.8 Å². The largest absolute Gasteiger partial charge is 0.489 e. The lowest BCUT2D eigenvalue weighted by Crippen LogP contribution is -2.46. The van der Waals surface area contributed by atoms with Crippen LogP contribution in [-0.4, -0.2) is 41.0 Å². The van der Waals surface area contributed by atoms with Gasteiger partial charge in [-0.25, -0.2) is 4.79 Å². The van der Waals surface area contributed by atoms with Gasteiger partial charge < -0.3 is 20.3 Å². The molecule has 3 N–H and O–H groups in total. The number of hydrogen-bond donors (Lipinski definition) is 3. The number of benzene rings is 3. The van der Waals surface area contributed by atoms with Crippen molar-refractivity contribution in [1.29, 1.82) is 5.26 Å². The molecule has 3 aromatic rings. The first-order chi connectivity index (χ1) is 16.7. The summed E-state index contributed by atoms with van der Waals surface area (Å²) in [5, 5.41) is 32.5. The summed E-state index contributed by atoms with van der Waals surface area (Å²) in [4.78, 5) is 11.1. The molecule has 3 rings (SSSR count). The van der Waals surface area contributed by atoms with Gasteiger partial charge in [0.1, 0.15) is 24.5 Å².